The molecule has 10 nitrogen and oxygen atoms in total. The van der Waals surface area contributed by atoms with Gasteiger partial charge in [0.15, 0.2) is 6.61 Å². The van der Waals surface area contributed by atoms with Crippen LogP contribution in [0, 0.1) is 5.41 Å². The second-order valence-electron chi connectivity index (χ2n) is 8.22. The number of carbonyl (C=O) groups excluding carboxylic acids is 2. The van der Waals surface area contributed by atoms with Crippen LogP contribution in [0.25, 0.3) is 0 Å². The molecule has 0 spiro atoms. The third-order valence-corrected chi connectivity index (χ3v) is 7.55. The Hall–Kier alpha value is -3.93. The topological polar surface area (TPSA) is 149 Å². The van der Waals surface area contributed by atoms with E-state index in [2.05, 4.69) is 4.74 Å². The number of ether oxygens (including phenoxy) is 3. The quantitative estimate of drug-likeness (QED) is 0.190. The van der Waals surface area contributed by atoms with E-state index in [1.807, 2.05) is 0 Å². The molecule has 39 heavy (non-hydrogen) atoms. The fourth-order valence-corrected chi connectivity index (χ4v) is 4.94. The highest BCUT2D eigenvalue weighted by atomic mass is 35.5. The molecule has 0 fully saturated rings. The van der Waals surface area contributed by atoms with Gasteiger partial charge in [-0.05, 0) is 66.1 Å². The standard InChI is InChI=1S/C27H29N3O7S.ClH/c1-35-25(31)18-37-23-11-5-19(6-12-23)15-16-30(17-20-3-7-22(8-4-20)27(32)36-2)38(33,34)24-13-9-21(10-14-24)26(28)29;/h3-14H,15-18H2,1-2H3,(H3,28,29);1H. The van der Waals surface area contributed by atoms with Gasteiger partial charge in [0.2, 0.25) is 10.0 Å². The number of hydrogen-bond donors (Lipinski definition) is 2. The fraction of sp³-hybridized carbons (Fsp3) is 0.222. The average molecular weight is 576 g/mol. The number of hydrogen-bond acceptors (Lipinski definition) is 8. The van der Waals surface area contributed by atoms with E-state index in [-0.39, 0.29) is 42.8 Å². The number of halogens is 1. The highest BCUT2D eigenvalue weighted by Crippen LogP contribution is 2.21. The molecule has 3 rings (SSSR count). The van der Waals surface area contributed by atoms with Gasteiger partial charge in [-0.15, -0.1) is 12.4 Å². The Morgan fingerprint density at radius 2 is 1.41 bits per heavy atom. The Kier molecular flexibility index (Phi) is 11.5. The van der Waals surface area contributed by atoms with Gasteiger partial charge in [0, 0.05) is 18.7 Å². The van der Waals surface area contributed by atoms with Gasteiger partial charge < -0.3 is 19.9 Å². The number of esters is 2. The lowest BCUT2D eigenvalue weighted by molar-refractivity contribution is -0.142. The van der Waals surface area contributed by atoms with Crippen LogP contribution >= 0.6 is 12.4 Å². The van der Waals surface area contributed by atoms with Gasteiger partial charge >= 0.3 is 11.9 Å². The van der Waals surface area contributed by atoms with Crippen LogP contribution in [0.2, 0.25) is 0 Å². The number of nitrogens with two attached hydrogens (primary N) is 1. The number of methoxy groups -OCH3 is 2. The van der Waals surface area contributed by atoms with Crippen molar-refractivity contribution in [2.45, 2.75) is 17.9 Å². The summed E-state index contributed by atoms with van der Waals surface area (Å²) in [5.41, 5.74) is 7.83. The fourth-order valence-electron chi connectivity index (χ4n) is 3.51. The van der Waals surface area contributed by atoms with Crippen molar-refractivity contribution in [2.24, 2.45) is 5.73 Å². The molecule has 3 N–H and O–H groups in total. The minimum absolute atomic E-state index is 0. The molecule has 0 saturated carbocycles. The Labute approximate surface area is 233 Å². The second kappa shape index (κ2) is 14.3. The van der Waals surface area contributed by atoms with Crippen LogP contribution < -0.4 is 10.5 Å². The summed E-state index contributed by atoms with van der Waals surface area (Å²) in [5.74, 6) is -0.646. The number of sulfonamides is 1. The van der Waals surface area contributed by atoms with Crippen molar-refractivity contribution < 1.29 is 32.2 Å². The van der Waals surface area contributed by atoms with Gasteiger partial charge in [-0.2, -0.15) is 4.31 Å². The van der Waals surface area contributed by atoms with E-state index >= 15 is 0 Å². The first-order valence-corrected chi connectivity index (χ1v) is 13.0. The summed E-state index contributed by atoms with van der Waals surface area (Å²) in [6.45, 7) is 0.0233. The van der Waals surface area contributed by atoms with Crippen molar-refractivity contribution in [3.05, 3.63) is 95.1 Å². The average Bonchev–Trinajstić information content (AvgIpc) is 2.94. The molecule has 0 radical (unpaired) electrons. The number of nitrogens with one attached hydrogen (secondary N) is 1. The SMILES string of the molecule is COC(=O)COc1ccc(CCN(Cc2ccc(C(=O)OC)cc2)S(=O)(=O)c2ccc(C(=N)N)cc2)cc1.Cl. The summed E-state index contributed by atoms with van der Waals surface area (Å²) in [4.78, 5) is 23.1. The molecule has 0 heterocycles. The zero-order valence-corrected chi connectivity index (χ0v) is 23.1. The number of benzene rings is 3. The van der Waals surface area contributed by atoms with Crippen LogP contribution in [-0.2, 0) is 37.3 Å². The van der Waals surface area contributed by atoms with E-state index in [0.29, 0.717) is 28.9 Å². The highest BCUT2D eigenvalue weighted by molar-refractivity contribution is 7.89. The molecule has 0 bridgehead atoms. The summed E-state index contributed by atoms with van der Waals surface area (Å²) in [5, 5.41) is 7.54. The summed E-state index contributed by atoms with van der Waals surface area (Å²) >= 11 is 0. The van der Waals surface area contributed by atoms with Crippen molar-refractivity contribution >= 4 is 40.2 Å². The maximum absolute atomic E-state index is 13.6. The maximum Gasteiger partial charge on any atom is 0.343 e. The molecule has 0 unspecified atom stereocenters. The van der Waals surface area contributed by atoms with Gasteiger partial charge in [0.1, 0.15) is 11.6 Å². The molecule has 0 aromatic heterocycles. The molecule has 3 aromatic carbocycles. The Morgan fingerprint density at radius 1 is 0.846 bits per heavy atom. The van der Waals surface area contributed by atoms with Gasteiger partial charge in [-0.3, -0.25) is 5.41 Å². The van der Waals surface area contributed by atoms with Crippen molar-refractivity contribution in [2.75, 3.05) is 27.4 Å². The number of rotatable bonds is 12. The van der Waals surface area contributed by atoms with Crippen molar-refractivity contribution in [1.29, 1.82) is 5.41 Å². The molecular formula is C27H30ClN3O7S. The third-order valence-electron chi connectivity index (χ3n) is 5.69. The number of amidine groups is 1. The van der Waals surface area contributed by atoms with Gasteiger partial charge in [-0.25, -0.2) is 18.0 Å². The van der Waals surface area contributed by atoms with Crippen molar-refractivity contribution in [1.82, 2.24) is 4.31 Å². The van der Waals surface area contributed by atoms with Crippen LogP contribution in [0.4, 0.5) is 0 Å². The summed E-state index contributed by atoms with van der Waals surface area (Å²) in [6, 6.07) is 19.3. The predicted molar refractivity (Wildman–Crippen MR) is 148 cm³/mol. The molecule has 0 atom stereocenters. The van der Waals surface area contributed by atoms with E-state index in [1.165, 1.54) is 42.8 Å². The Bertz CT molecular complexity index is 1380. The normalized spacial score (nSPS) is 10.8. The predicted octanol–water partition coefficient (Wildman–Crippen LogP) is 3.16. The molecule has 0 aliphatic carbocycles. The third kappa shape index (κ3) is 8.54. The van der Waals surface area contributed by atoms with E-state index in [1.54, 1.807) is 48.5 Å². The van der Waals surface area contributed by atoms with Gasteiger partial charge in [0.25, 0.3) is 0 Å². The molecule has 0 amide bonds. The smallest absolute Gasteiger partial charge is 0.343 e. The van der Waals surface area contributed by atoms with E-state index in [0.717, 1.165) is 5.56 Å². The van der Waals surface area contributed by atoms with Gasteiger partial charge in [0.05, 0.1) is 24.7 Å². The minimum Gasteiger partial charge on any atom is -0.482 e. The number of nitrogen functional groups attached to an aromatic ring is 1. The largest absolute Gasteiger partial charge is 0.482 e. The zero-order chi connectivity index (χ0) is 27.7. The molecule has 3 aromatic rings. The summed E-state index contributed by atoms with van der Waals surface area (Å²) < 4.78 is 43.2. The minimum atomic E-state index is -3.92. The van der Waals surface area contributed by atoms with Crippen LogP contribution in [0.5, 0.6) is 5.75 Å². The molecule has 0 saturated heterocycles. The highest BCUT2D eigenvalue weighted by Gasteiger charge is 2.25. The maximum atomic E-state index is 13.6. The van der Waals surface area contributed by atoms with Crippen LogP contribution in [0.3, 0.4) is 0 Å². The Balaban J connectivity index is 0.00000533. The summed E-state index contributed by atoms with van der Waals surface area (Å²) in [7, 11) is -1.35. The molecule has 0 aliphatic rings. The monoisotopic (exact) mass is 575 g/mol. The first kappa shape index (κ1) is 31.3. The molecule has 12 heteroatoms. The van der Waals surface area contributed by atoms with E-state index in [9.17, 15) is 18.0 Å². The van der Waals surface area contributed by atoms with Gasteiger partial charge in [-0.1, -0.05) is 24.3 Å². The lowest BCUT2D eigenvalue weighted by Crippen LogP contribution is -2.32. The molecular weight excluding hydrogens is 546 g/mol. The second-order valence-corrected chi connectivity index (χ2v) is 10.2. The van der Waals surface area contributed by atoms with Crippen molar-refractivity contribution in [3.8, 4) is 5.75 Å². The summed E-state index contributed by atoms with van der Waals surface area (Å²) in [6.07, 6.45) is 0.405. The van der Waals surface area contributed by atoms with E-state index < -0.39 is 22.0 Å². The number of carbonyl (C=O) groups is 2. The van der Waals surface area contributed by atoms with Crippen molar-refractivity contribution in [3.63, 3.8) is 0 Å². The molecule has 0 aliphatic heterocycles. The van der Waals surface area contributed by atoms with Crippen LogP contribution in [-0.4, -0.2) is 57.9 Å². The van der Waals surface area contributed by atoms with Crippen LogP contribution in [0.15, 0.2) is 77.7 Å². The van der Waals surface area contributed by atoms with Crippen LogP contribution in [0.1, 0.15) is 27.0 Å². The van der Waals surface area contributed by atoms with E-state index in [4.69, 9.17) is 20.6 Å². The Morgan fingerprint density at radius 3 is 1.95 bits per heavy atom. The zero-order valence-electron chi connectivity index (χ0n) is 21.5. The first-order valence-electron chi connectivity index (χ1n) is 11.5. The lowest BCUT2D eigenvalue weighted by atomic mass is 10.1. The number of nitrogens with zero attached hydrogens (tertiary/aromatic N) is 1. The lowest BCUT2D eigenvalue weighted by Gasteiger charge is -2.23. The molecule has 208 valence electrons. The first-order chi connectivity index (χ1) is 18.1.